The third-order valence-electron chi connectivity index (χ3n) is 2.48. The van der Waals surface area contributed by atoms with Gasteiger partial charge >= 0.3 is 0 Å². The molecule has 4 nitrogen and oxygen atoms in total. The highest BCUT2D eigenvalue weighted by atomic mass is 16.3. The molecule has 4 heteroatoms. The molecule has 0 aromatic carbocycles. The van der Waals surface area contributed by atoms with Gasteiger partial charge in [0.25, 0.3) is 0 Å². The van der Waals surface area contributed by atoms with Crippen LogP contribution in [0.5, 0.6) is 0 Å². The zero-order valence-electron chi connectivity index (χ0n) is 11.3. The Morgan fingerprint density at radius 3 is 2.19 bits per heavy atom. The van der Waals surface area contributed by atoms with Crippen LogP contribution < -0.4 is 5.73 Å². The quantitative estimate of drug-likeness (QED) is 0.596. The summed E-state index contributed by atoms with van der Waals surface area (Å²) in [6.07, 6.45) is 0.691. The molecule has 0 amide bonds. The molecule has 0 rings (SSSR count). The Morgan fingerprint density at radius 1 is 1.12 bits per heavy atom. The summed E-state index contributed by atoms with van der Waals surface area (Å²) in [5, 5.41) is 8.84. The standard InChI is InChI=1S/C12H29N3O/c1-11(2)9-15(7-6-14(3)4)10-12(13)5-8-16/h11-12,16H,5-10,13H2,1-4H3. The van der Waals surface area contributed by atoms with Crippen molar-refractivity contribution >= 4 is 0 Å². The zero-order chi connectivity index (χ0) is 12.6. The second-order valence-electron chi connectivity index (χ2n) is 5.23. The van der Waals surface area contributed by atoms with E-state index < -0.39 is 0 Å². The van der Waals surface area contributed by atoms with Crippen molar-refractivity contribution in [2.45, 2.75) is 26.3 Å². The number of hydrogen-bond acceptors (Lipinski definition) is 4. The minimum atomic E-state index is 0.0888. The Kier molecular flexibility index (Phi) is 8.84. The Labute approximate surface area is 100 Å². The summed E-state index contributed by atoms with van der Waals surface area (Å²) in [7, 11) is 4.17. The van der Waals surface area contributed by atoms with E-state index >= 15 is 0 Å². The van der Waals surface area contributed by atoms with Gasteiger partial charge < -0.3 is 20.6 Å². The van der Waals surface area contributed by atoms with Gasteiger partial charge in [0.1, 0.15) is 0 Å². The second-order valence-corrected chi connectivity index (χ2v) is 5.23. The van der Waals surface area contributed by atoms with Crippen molar-refractivity contribution in [3.63, 3.8) is 0 Å². The minimum Gasteiger partial charge on any atom is -0.396 e. The number of aliphatic hydroxyl groups excluding tert-OH is 1. The summed E-state index contributed by atoms with van der Waals surface area (Å²) in [5.41, 5.74) is 5.95. The van der Waals surface area contributed by atoms with E-state index in [-0.39, 0.29) is 12.6 Å². The molecule has 0 aliphatic heterocycles. The summed E-state index contributed by atoms with van der Waals surface area (Å²) in [6.45, 7) is 8.69. The maximum absolute atomic E-state index is 8.84. The lowest BCUT2D eigenvalue weighted by Gasteiger charge is -2.28. The van der Waals surface area contributed by atoms with Crippen LogP contribution >= 0.6 is 0 Å². The first-order chi connectivity index (χ1) is 7.45. The average molecular weight is 231 g/mol. The zero-order valence-corrected chi connectivity index (χ0v) is 11.3. The van der Waals surface area contributed by atoms with Crippen LogP contribution in [0, 0.1) is 5.92 Å². The Morgan fingerprint density at radius 2 is 1.75 bits per heavy atom. The molecule has 0 aliphatic carbocycles. The first-order valence-corrected chi connectivity index (χ1v) is 6.19. The van der Waals surface area contributed by atoms with Crippen molar-refractivity contribution in [3.8, 4) is 0 Å². The van der Waals surface area contributed by atoms with E-state index in [1.54, 1.807) is 0 Å². The largest absolute Gasteiger partial charge is 0.396 e. The molecule has 0 spiro atoms. The van der Waals surface area contributed by atoms with Crippen molar-refractivity contribution in [2.75, 3.05) is 46.9 Å². The molecule has 0 bridgehead atoms. The van der Waals surface area contributed by atoms with Crippen LogP contribution in [-0.4, -0.2) is 67.8 Å². The predicted molar refractivity (Wildman–Crippen MR) is 69.5 cm³/mol. The third kappa shape index (κ3) is 9.09. The van der Waals surface area contributed by atoms with E-state index in [0.717, 1.165) is 26.2 Å². The SMILES string of the molecule is CC(C)CN(CCN(C)C)CC(N)CCO. The van der Waals surface area contributed by atoms with E-state index in [9.17, 15) is 0 Å². The first-order valence-electron chi connectivity index (χ1n) is 6.19. The molecule has 0 aromatic heterocycles. The third-order valence-corrected chi connectivity index (χ3v) is 2.48. The topological polar surface area (TPSA) is 52.7 Å². The molecular weight excluding hydrogens is 202 g/mol. The van der Waals surface area contributed by atoms with Crippen molar-refractivity contribution in [1.29, 1.82) is 0 Å². The molecule has 0 radical (unpaired) electrons. The smallest absolute Gasteiger partial charge is 0.0446 e. The van der Waals surface area contributed by atoms with Crippen LogP contribution in [0.15, 0.2) is 0 Å². The van der Waals surface area contributed by atoms with Crippen molar-refractivity contribution in [1.82, 2.24) is 9.80 Å². The highest BCUT2D eigenvalue weighted by molar-refractivity contribution is 4.70. The molecule has 0 aromatic rings. The predicted octanol–water partition coefficient (Wildman–Crippen LogP) is 0.216. The van der Waals surface area contributed by atoms with Gasteiger partial charge in [-0.3, -0.25) is 0 Å². The summed E-state index contributed by atoms with van der Waals surface area (Å²) in [6, 6.07) is 0.0888. The molecular formula is C12H29N3O. The molecule has 1 unspecified atom stereocenters. The summed E-state index contributed by atoms with van der Waals surface area (Å²) < 4.78 is 0. The van der Waals surface area contributed by atoms with Crippen molar-refractivity contribution in [2.24, 2.45) is 11.7 Å². The summed E-state index contributed by atoms with van der Waals surface area (Å²) in [4.78, 5) is 4.58. The van der Waals surface area contributed by atoms with E-state index in [1.807, 2.05) is 0 Å². The molecule has 3 N–H and O–H groups in total. The number of aliphatic hydroxyl groups is 1. The molecule has 0 aliphatic rings. The first kappa shape index (κ1) is 15.8. The van der Waals surface area contributed by atoms with Crippen molar-refractivity contribution in [3.05, 3.63) is 0 Å². The average Bonchev–Trinajstić information content (AvgIpc) is 2.13. The summed E-state index contributed by atoms with van der Waals surface area (Å²) >= 11 is 0. The van der Waals surface area contributed by atoms with Crippen molar-refractivity contribution < 1.29 is 5.11 Å². The van der Waals surface area contributed by atoms with Crippen LogP contribution in [0.4, 0.5) is 0 Å². The maximum Gasteiger partial charge on any atom is 0.0446 e. The molecule has 16 heavy (non-hydrogen) atoms. The van der Waals surface area contributed by atoms with Crippen LogP contribution in [0.1, 0.15) is 20.3 Å². The van der Waals surface area contributed by atoms with Gasteiger partial charge in [0.15, 0.2) is 0 Å². The van der Waals surface area contributed by atoms with Gasteiger partial charge in [-0.05, 0) is 26.4 Å². The van der Waals surface area contributed by atoms with Crippen LogP contribution in [0.3, 0.4) is 0 Å². The minimum absolute atomic E-state index is 0.0888. The highest BCUT2D eigenvalue weighted by Crippen LogP contribution is 2.01. The summed E-state index contributed by atoms with van der Waals surface area (Å²) in [5.74, 6) is 0.656. The normalized spacial score (nSPS) is 14.1. The Hall–Kier alpha value is -0.160. The molecule has 0 heterocycles. The van der Waals surface area contributed by atoms with Gasteiger partial charge in [0.2, 0.25) is 0 Å². The fraction of sp³-hybridized carbons (Fsp3) is 1.00. The molecule has 0 fully saturated rings. The number of rotatable bonds is 9. The van der Waals surface area contributed by atoms with Gasteiger partial charge in [-0.1, -0.05) is 13.8 Å². The van der Waals surface area contributed by atoms with Crippen LogP contribution in [0.2, 0.25) is 0 Å². The number of likely N-dealkylation sites (N-methyl/N-ethyl adjacent to an activating group) is 1. The molecule has 0 saturated carbocycles. The molecule has 98 valence electrons. The lowest BCUT2D eigenvalue weighted by Crippen LogP contribution is -2.42. The van der Waals surface area contributed by atoms with E-state index in [4.69, 9.17) is 10.8 Å². The lowest BCUT2D eigenvalue weighted by molar-refractivity contribution is 0.193. The van der Waals surface area contributed by atoms with E-state index in [1.165, 1.54) is 0 Å². The van der Waals surface area contributed by atoms with Crippen LogP contribution in [0.25, 0.3) is 0 Å². The second kappa shape index (κ2) is 8.93. The lowest BCUT2D eigenvalue weighted by atomic mass is 10.1. The van der Waals surface area contributed by atoms with Gasteiger partial charge in [-0.2, -0.15) is 0 Å². The number of nitrogens with two attached hydrogens (primary N) is 1. The Balaban J connectivity index is 3.98. The fourth-order valence-electron chi connectivity index (χ4n) is 1.70. The monoisotopic (exact) mass is 231 g/mol. The number of hydrogen-bond donors (Lipinski definition) is 2. The van der Waals surface area contributed by atoms with E-state index in [0.29, 0.717) is 12.3 Å². The maximum atomic E-state index is 8.84. The van der Waals surface area contributed by atoms with Gasteiger partial charge in [-0.25, -0.2) is 0 Å². The van der Waals surface area contributed by atoms with Gasteiger partial charge in [-0.15, -0.1) is 0 Å². The molecule has 1 atom stereocenters. The van der Waals surface area contributed by atoms with Gasteiger partial charge in [0.05, 0.1) is 0 Å². The van der Waals surface area contributed by atoms with E-state index in [2.05, 4.69) is 37.7 Å². The molecule has 0 saturated heterocycles. The highest BCUT2D eigenvalue weighted by Gasteiger charge is 2.11. The number of nitrogens with zero attached hydrogens (tertiary/aromatic N) is 2. The Bertz CT molecular complexity index is 162. The van der Waals surface area contributed by atoms with Crippen LogP contribution in [-0.2, 0) is 0 Å². The van der Waals surface area contributed by atoms with Gasteiger partial charge in [0, 0.05) is 38.8 Å². The fourth-order valence-corrected chi connectivity index (χ4v) is 1.70.